The van der Waals surface area contributed by atoms with Gasteiger partial charge in [-0.05, 0) is 18.6 Å². The van der Waals surface area contributed by atoms with Crippen LogP contribution in [-0.4, -0.2) is 23.7 Å². The number of esters is 1. The lowest BCUT2D eigenvalue weighted by Crippen LogP contribution is -2.04. The molecular formula is C13H15NO4. The molecule has 0 saturated carbocycles. The van der Waals surface area contributed by atoms with Crippen molar-refractivity contribution in [1.29, 1.82) is 0 Å². The number of nitrogens with two attached hydrogens (primary N) is 1. The van der Waals surface area contributed by atoms with Gasteiger partial charge in [-0.25, -0.2) is 4.79 Å². The summed E-state index contributed by atoms with van der Waals surface area (Å²) in [5, 5.41) is 8.90. The van der Waals surface area contributed by atoms with E-state index in [1.54, 1.807) is 31.2 Å². The van der Waals surface area contributed by atoms with Gasteiger partial charge in [0.2, 0.25) is 0 Å². The number of benzene rings is 1. The van der Waals surface area contributed by atoms with Crippen LogP contribution in [0.3, 0.4) is 0 Å². The maximum absolute atomic E-state index is 11.1. The first-order valence-corrected chi connectivity index (χ1v) is 5.50. The van der Waals surface area contributed by atoms with E-state index < -0.39 is 5.97 Å². The van der Waals surface area contributed by atoms with Crippen LogP contribution in [0.1, 0.15) is 29.3 Å². The maximum Gasteiger partial charge on any atom is 0.337 e. The van der Waals surface area contributed by atoms with Gasteiger partial charge in [-0.2, -0.15) is 0 Å². The number of carbonyl (C=O) groups excluding carboxylic acids is 1. The van der Waals surface area contributed by atoms with E-state index in [0.717, 1.165) is 0 Å². The van der Waals surface area contributed by atoms with Crippen molar-refractivity contribution in [2.24, 2.45) is 0 Å². The van der Waals surface area contributed by atoms with Crippen LogP contribution in [0.15, 0.2) is 24.3 Å². The highest BCUT2D eigenvalue weighted by Crippen LogP contribution is 2.19. The SMILES string of the molecule is CCOC(=O)CC=Cc1cccc(C(=O)O)c1N. The summed E-state index contributed by atoms with van der Waals surface area (Å²) in [4.78, 5) is 22.0. The summed E-state index contributed by atoms with van der Waals surface area (Å²) in [5.41, 5.74) is 6.51. The largest absolute Gasteiger partial charge is 0.478 e. The second-order valence-electron chi connectivity index (χ2n) is 3.53. The summed E-state index contributed by atoms with van der Waals surface area (Å²) in [6.07, 6.45) is 3.33. The monoisotopic (exact) mass is 249 g/mol. The highest BCUT2D eigenvalue weighted by Gasteiger charge is 2.09. The second-order valence-corrected chi connectivity index (χ2v) is 3.53. The normalized spacial score (nSPS) is 10.5. The predicted octanol–water partition coefficient (Wildman–Crippen LogP) is 1.93. The van der Waals surface area contributed by atoms with Crippen molar-refractivity contribution < 1.29 is 19.4 Å². The summed E-state index contributed by atoms with van der Waals surface area (Å²) >= 11 is 0. The molecule has 3 N–H and O–H groups in total. The van der Waals surface area contributed by atoms with E-state index in [2.05, 4.69) is 0 Å². The van der Waals surface area contributed by atoms with Crippen molar-refractivity contribution in [3.8, 4) is 0 Å². The van der Waals surface area contributed by atoms with Crippen molar-refractivity contribution in [3.63, 3.8) is 0 Å². The molecule has 18 heavy (non-hydrogen) atoms. The third-order valence-corrected chi connectivity index (χ3v) is 2.26. The van der Waals surface area contributed by atoms with Crippen LogP contribution >= 0.6 is 0 Å². The molecule has 0 heterocycles. The fourth-order valence-electron chi connectivity index (χ4n) is 1.42. The van der Waals surface area contributed by atoms with Gasteiger partial charge in [0.25, 0.3) is 0 Å². The standard InChI is InChI=1S/C13H15NO4/c1-2-18-11(15)8-4-6-9-5-3-7-10(12(9)14)13(16)17/h3-7H,2,8,14H2,1H3,(H,16,17). The van der Waals surface area contributed by atoms with E-state index >= 15 is 0 Å². The molecule has 0 amide bonds. The molecule has 0 saturated heterocycles. The zero-order valence-electron chi connectivity index (χ0n) is 10.1. The van der Waals surface area contributed by atoms with Gasteiger partial charge in [-0.15, -0.1) is 0 Å². The number of rotatable bonds is 5. The first kappa shape index (κ1) is 13.8. The first-order chi connectivity index (χ1) is 8.56. The zero-order valence-corrected chi connectivity index (χ0v) is 10.1. The van der Waals surface area contributed by atoms with E-state index in [1.807, 2.05) is 0 Å². The number of hydrogen-bond acceptors (Lipinski definition) is 4. The summed E-state index contributed by atoms with van der Waals surface area (Å²) in [6.45, 7) is 2.07. The Labute approximate surface area is 105 Å². The van der Waals surface area contributed by atoms with Gasteiger partial charge in [0.1, 0.15) is 0 Å². The van der Waals surface area contributed by atoms with Crippen molar-refractivity contribution in [2.75, 3.05) is 12.3 Å². The molecule has 5 heteroatoms. The minimum atomic E-state index is -1.08. The number of aromatic carboxylic acids is 1. The quantitative estimate of drug-likeness (QED) is 0.614. The van der Waals surface area contributed by atoms with Gasteiger partial charge in [0.15, 0.2) is 0 Å². The minimum absolute atomic E-state index is 0.0493. The molecule has 5 nitrogen and oxygen atoms in total. The van der Waals surface area contributed by atoms with Gasteiger partial charge >= 0.3 is 11.9 Å². The van der Waals surface area contributed by atoms with Gasteiger partial charge in [-0.3, -0.25) is 4.79 Å². The van der Waals surface area contributed by atoms with Crippen LogP contribution in [0.5, 0.6) is 0 Å². The molecule has 0 fully saturated rings. The van der Waals surface area contributed by atoms with Crippen LogP contribution in [0.4, 0.5) is 5.69 Å². The van der Waals surface area contributed by atoms with Gasteiger partial charge < -0.3 is 15.6 Å². The van der Waals surface area contributed by atoms with Crippen LogP contribution in [0.2, 0.25) is 0 Å². The number of nitrogen functional groups attached to an aromatic ring is 1. The van der Waals surface area contributed by atoms with E-state index in [4.69, 9.17) is 15.6 Å². The summed E-state index contributed by atoms with van der Waals surface area (Å²) in [7, 11) is 0. The zero-order chi connectivity index (χ0) is 13.5. The molecule has 0 radical (unpaired) electrons. The fourth-order valence-corrected chi connectivity index (χ4v) is 1.42. The van der Waals surface area contributed by atoms with Crippen molar-refractivity contribution in [2.45, 2.75) is 13.3 Å². The summed E-state index contributed by atoms with van der Waals surface area (Å²) in [5.74, 6) is -1.41. The van der Waals surface area contributed by atoms with Gasteiger partial charge in [-0.1, -0.05) is 24.3 Å². The fraction of sp³-hybridized carbons (Fsp3) is 0.231. The molecule has 1 aromatic carbocycles. The Morgan fingerprint density at radius 3 is 2.78 bits per heavy atom. The molecule has 0 aromatic heterocycles. The van der Waals surface area contributed by atoms with Gasteiger partial charge in [0.05, 0.1) is 24.3 Å². The predicted molar refractivity (Wildman–Crippen MR) is 68.1 cm³/mol. The van der Waals surface area contributed by atoms with Crippen molar-refractivity contribution in [3.05, 3.63) is 35.4 Å². The highest BCUT2D eigenvalue weighted by molar-refractivity contribution is 5.95. The number of para-hydroxylation sites is 1. The Balaban J connectivity index is 2.79. The molecular weight excluding hydrogens is 234 g/mol. The van der Waals surface area contributed by atoms with E-state index in [9.17, 15) is 9.59 Å². The Kier molecular flexibility index (Phi) is 4.92. The molecule has 0 aliphatic carbocycles. The number of ether oxygens (including phenoxy) is 1. The molecule has 0 spiro atoms. The first-order valence-electron chi connectivity index (χ1n) is 5.50. The number of anilines is 1. The van der Waals surface area contributed by atoms with E-state index in [0.29, 0.717) is 12.2 Å². The van der Waals surface area contributed by atoms with Crippen molar-refractivity contribution >= 4 is 23.7 Å². The van der Waals surface area contributed by atoms with Crippen LogP contribution < -0.4 is 5.73 Å². The molecule has 96 valence electrons. The Bertz CT molecular complexity index is 480. The summed E-state index contributed by atoms with van der Waals surface area (Å²) < 4.78 is 4.76. The van der Waals surface area contributed by atoms with Gasteiger partial charge in [0, 0.05) is 0 Å². The Morgan fingerprint density at radius 1 is 1.44 bits per heavy atom. The van der Waals surface area contributed by atoms with E-state index in [-0.39, 0.29) is 23.6 Å². The Morgan fingerprint density at radius 2 is 2.17 bits per heavy atom. The molecule has 0 aliphatic heterocycles. The second kappa shape index (κ2) is 6.44. The molecule has 0 unspecified atom stereocenters. The molecule has 0 aliphatic rings. The van der Waals surface area contributed by atoms with Crippen molar-refractivity contribution in [1.82, 2.24) is 0 Å². The number of carboxylic acid groups (broad SMARTS) is 1. The number of carboxylic acids is 1. The summed E-state index contributed by atoms with van der Waals surface area (Å²) in [6, 6.07) is 4.72. The van der Waals surface area contributed by atoms with Crippen LogP contribution in [-0.2, 0) is 9.53 Å². The smallest absolute Gasteiger partial charge is 0.337 e. The molecule has 0 bridgehead atoms. The number of carbonyl (C=O) groups is 2. The van der Waals surface area contributed by atoms with E-state index in [1.165, 1.54) is 6.07 Å². The molecule has 1 rings (SSSR count). The van der Waals surface area contributed by atoms with Crippen LogP contribution in [0, 0.1) is 0 Å². The Hall–Kier alpha value is -2.30. The number of hydrogen-bond donors (Lipinski definition) is 2. The molecule has 1 aromatic rings. The highest BCUT2D eigenvalue weighted by atomic mass is 16.5. The average molecular weight is 249 g/mol. The third kappa shape index (κ3) is 3.62. The maximum atomic E-state index is 11.1. The minimum Gasteiger partial charge on any atom is -0.478 e. The third-order valence-electron chi connectivity index (χ3n) is 2.26. The topological polar surface area (TPSA) is 89.6 Å². The molecule has 0 atom stereocenters. The lowest BCUT2D eigenvalue weighted by molar-refractivity contribution is -0.142. The lowest BCUT2D eigenvalue weighted by Gasteiger charge is -2.04. The average Bonchev–Trinajstić information content (AvgIpc) is 2.31. The lowest BCUT2D eigenvalue weighted by atomic mass is 10.1. The van der Waals surface area contributed by atoms with Crippen LogP contribution in [0.25, 0.3) is 6.08 Å².